The molecule has 1 N–H and O–H groups in total. The van der Waals surface area contributed by atoms with Gasteiger partial charge in [0.2, 0.25) is 7.37 Å². The van der Waals surface area contributed by atoms with E-state index in [4.69, 9.17) is 16.1 Å². The van der Waals surface area contributed by atoms with Crippen molar-refractivity contribution in [2.75, 3.05) is 25.5 Å². The molecule has 3 nitrogen and oxygen atoms in total. The van der Waals surface area contributed by atoms with Gasteiger partial charge in [0.1, 0.15) is 0 Å². The molecule has 0 saturated carbocycles. The van der Waals surface area contributed by atoms with Crippen LogP contribution in [0, 0.1) is 0 Å². The molecule has 1 aromatic rings. The Hall–Kier alpha value is -0.340. The Labute approximate surface area is 133 Å². The Morgan fingerprint density at radius 2 is 1.81 bits per heavy atom. The summed E-state index contributed by atoms with van der Waals surface area (Å²) in [6, 6.07) is 7.82. The summed E-state index contributed by atoms with van der Waals surface area (Å²) in [5, 5.41) is 4.13. The maximum absolute atomic E-state index is 12.6. The van der Waals surface area contributed by atoms with Crippen molar-refractivity contribution in [2.45, 2.75) is 39.7 Å². The highest BCUT2D eigenvalue weighted by molar-refractivity contribution is 7.58. The average molecular weight is 332 g/mol. The van der Waals surface area contributed by atoms with Crippen molar-refractivity contribution in [1.82, 2.24) is 5.32 Å². The van der Waals surface area contributed by atoms with Crippen LogP contribution in [0.1, 0.15) is 38.7 Å². The minimum absolute atomic E-state index is 0.541. The maximum atomic E-state index is 12.6. The average Bonchev–Trinajstić information content (AvgIpc) is 2.47. The standard InChI is InChI=1S/C16H27ClNO2P/c1-3-5-12-21(19,20-4-2)13-6-11-18-14-15-7-9-16(17)10-8-15/h7-10,18H,3-6,11-14H2,1-2H3. The minimum Gasteiger partial charge on any atom is -0.329 e. The molecule has 1 rings (SSSR count). The van der Waals surface area contributed by atoms with Gasteiger partial charge in [-0.25, -0.2) is 0 Å². The Morgan fingerprint density at radius 3 is 2.43 bits per heavy atom. The molecule has 0 spiro atoms. The van der Waals surface area contributed by atoms with Gasteiger partial charge in [0.15, 0.2) is 0 Å². The van der Waals surface area contributed by atoms with E-state index in [-0.39, 0.29) is 0 Å². The van der Waals surface area contributed by atoms with Gasteiger partial charge in [0.05, 0.1) is 6.61 Å². The molecule has 120 valence electrons. The van der Waals surface area contributed by atoms with Crippen LogP contribution in [0.4, 0.5) is 0 Å². The molecular weight excluding hydrogens is 305 g/mol. The van der Waals surface area contributed by atoms with E-state index in [1.165, 1.54) is 5.56 Å². The lowest BCUT2D eigenvalue weighted by atomic mass is 10.2. The van der Waals surface area contributed by atoms with Crippen LogP contribution in [0.15, 0.2) is 24.3 Å². The first kappa shape index (κ1) is 18.7. The van der Waals surface area contributed by atoms with Gasteiger partial charge in [-0.15, -0.1) is 0 Å². The molecule has 5 heteroatoms. The van der Waals surface area contributed by atoms with E-state index in [0.717, 1.165) is 37.4 Å². The van der Waals surface area contributed by atoms with Crippen molar-refractivity contribution in [1.29, 1.82) is 0 Å². The number of rotatable bonds is 11. The molecular formula is C16H27ClNO2P. The van der Waals surface area contributed by atoms with E-state index in [2.05, 4.69) is 12.2 Å². The second-order valence-electron chi connectivity index (χ2n) is 5.19. The molecule has 1 aromatic carbocycles. The van der Waals surface area contributed by atoms with E-state index in [1.807, 2.05) is 31.2 Å². The molecule has 0 radical (unpaired) electrons. The van der Waals surface area contributed by atoms with Crippen molar-refractivity contribution in [3.05, 3.63) is 34.9 Å². The molecule has 0 aliphatic rings. The summed E-state index contributed by atoms with van der Waals surface area (Å²) in [5.74, 6) is 0. The molecule has 0 aliphatic carbocycles. The number of benzene rings is 1. The molecule has 0 bridgehead atoms. The zero-order chi connectivity index (χ0) is 15.6. The highest BCUT2D eigenvalue weighted by atomic mass is 35.5. The second-order valence-corrected chi connectivity index (χ2v) is 8.41. The highest BCUT2D eigenvalue weighted by Crippen LogP contribution is 2.48. The predicted molar refractivity (Wildman–Crippen MR) is 91.7 cm³/mol. The summed E-state index contributed by atoms with van der Waals surface area (Å²) in [6.45, 7) is 6.23. The zero-order valence-electron chi connectivity index (χ0n) is 13.1. The lowest BCUT2D eigenvalue weighted by Gasteiger charge is -2.17. The van der Waals surface area contributed by atoms with Crippen molar-refractivity contribution in [3.8, 4) is 0 Å². The van der Waals surface area contributed by atoms with E-state index in [9.17, 15) is 4.57 Å². The van der Waals surface area contributed by atoms with Crippen LogP contribution < -0.4 is 5.32 Å². The molecule has 1 unspecified atom stereocenters. The fourth-order valence-corrected chi connectivity index (χ4v) is 4.67. The Balaban J connectivity index is 2.24. The largest absolute Gasteiger partial charge is 0.329 e. The minimum atomic E-state index is -2.41. The van der Waals surface area contributed by atoms with E-state index in [0.29, 0.717) is 18.9 Å². The third-order valence-electron chi connectivity index (χ3n) is 3.31. The van der Waals surface area contributed by atoms with Crippen molar-refractivity contribution in [3.63, 3.8) is 0 Å². The summed E-state index contributed by atoms with van der Waals surface area (Å²) in [4.78, 5) is 0. The molecule has 0 saturated heterocycles. The van der Waals surface area contributed by atoms with Gasteiger partial charge in [-0.05, 0) is 44.0 Å². The van der Waals surface area contributed by atoms with Crippen LogP contribution in [0.5, 0.6) is 0 Å². The molecule has 0 amide bonds. The second kappa shape index (κ2) is 10.4. The summed E-state index contributed by atoms with van der Waals surface area (Å²) < 4.78 is 18.1. The van der Waals surface area contributed by atoms with Gasteiger partial charge in [0, 0.05) is 23.9 Å². The Morgan fingerprint density at radius 1 is 1.14 bits per heavy atom. The van der Waals surface area contributed by atoms with Crippen LogP contribution in [-0.2, 0) is 15.6 Å². The Bertz CT molecular complexity index is 436. The molecule has 21 heavy (non-hydrogen) atoms. The SMILES string of the molecule is CCCCP(=O)(CCCNCc1ccc(Cl)cc1)OCC. The van der Waals surface area contributed by atoms with Crippen LogP contribution in [0.25, 0.3) is 0 Å². The summed E-state index contributed by atoms with van der Waals surface area (Å²) in [6.07, 6.45) is 4.32. The smallest absolute Gasteiger partial charge is 0.203 e. The maximum Gasteiger partial charge on any atom is 0.203 e. The van der Waals surface area contributed by atoms with Gasteiger partial charge in [-0.1, -0.05) is 37.1 Å². The normalized spacial score (nSPS) is 14.0. The zero-order valence-corrected chi connectivity index (χ0v) is 14.8. The van der Waals surface area contributed by atoms with E-state index >= 15 is 0 Å². The van der Waals surface area contributed by atoms with Crippen LogP contribution in [0.2, 0.25) is 5.02 Å². The summed E-state index contributed by atoms with van der Waals surface area (Å²) in [7, 11) is -2.41. The lowest BCUT2D eigenvalue weighted by molar-refractivity contribution is 0.331. The number of hydrogen-bond donors (Lipinski definition) is 1. The van der Waals surface area contributed by atoms with Gasteiger partial charge in [-0.2, -0.15) is 0 Å². The number of unbranched alkanes of at least 4 members (excludes halogenated alkanes) is 1. The van der Waals surface area contributed by atoms with E-state index < -0.39 is 7.37 Å². The van der Waals surface area contributed by atoms with Crippen molar-refractivity contribution >= 4 is 19.0 Å². The van der Waals surface area contributed by atoms with Gasteiger partial charge in [0.25, 0.3) is 0 Å². The third-order valence-corrected chi connectivity index (χ3v) is 6.29. The molecule has 0 aliphatic heterocycles. The fourth-order valence-electron chi connectivity index (χ4n) is 2.16. The number of nitrogens with one attached hydrogen (secondary N) is 1. The van der Waals surface area contributed by atoms with E-state index in [1.54, 1.807) is 0 Å². The van der Waals surface area contributed by atoms with Gasteiger partial charge < -0.3 is 9.84 Å². The first-order valence-corrected chi connectivity index (χ1v) is 10.1. The van der Waals surface area contributed by atoms with Gasteiger partial charge in [-0.3, -0.25) is 4.57 Å². The first-order valence-electron chi connectivity index (χ1n) is 7.77. The quantitative estimate of drug-likeness (QED) is 0.461. The lowest BCUT2D eigenvalue weighted by Crippen LogP contribution is -2.16. The molecule has 0 aromatic heterocycles. The topological polar surface area (TPSA) is 38.3 Å². The van der Waals surface area contributed by atoms with Crippen LogP contribution in [0.3, 0.4) is 0 Å². The summed E-state index contributed by atoms with van der Waals surface area (Å²) >= 11 is 5.85. The molecule has 0 fully saturated rings. The Kier molecular flexibility index (Phi) is 9.26. The van der Waals surface area contributed by atoms with Gasteiger partial charge >= 0.3 is 0 Å². The number of halogens is 1. The predicted octanol–water partition coefficient (Wildman–Crippen LogP) is 4.93. The van der Waals surface area contributed by atoms with Crippen LogP contribution >= 0.6 is 19.0 Å². The molecule has 1 atom stereocenters. The third kappa shape index (κ3) is 8.01. The summed E-state index contributed by atoms with van der Waals surface area (Å²) in [5.41, 5.74) is 1.21. The number of hydrogen-bond acceptors (Lipinski definition) is 3. The van der Waals surface area contributed by atoms with Crippen molar-refractivity contribution in [2.24, 2.45) is 0 Å². The first-order chi connectivity index (χ1) is 10.1. The molecule has 0 heterocycles. The van der Waals surface area contributed by atoms with Crippen LogP contribution in [-0.4, -0.2) is 25.5 Å². The fraction of sp³-hybridized carbons (Fsp3) is 0.625. The van der Waals surface area contributed by atoms with Crippen molar-refractivity contribution < 1.29 is 9.09 Å². The monoisotopic (exact) mass is 331 g/mol. The highest BCUT2D eigenvalue weighted by Gasteiger charge is 2.20.